The van der Waals surface area contributed by atoms with Crippen LogP contribution in [0.4, 0.5) is 5.69 Å². The molecule has 28 heavy (non-hydrogen) atoms. The van der Waals surface area contributed by atoms with Crippen molar-refractivity contribution in [3.8, 4) is 0 Å². The molecule has 3 rings (SSSR count). The second-order valence-corrected chi connectivity index (χ2v) is 7.14. The number of hydrazone groups is 1. The van der Waals surface area contributed by atoms with Gasteiger partial charge in [0.25, 0.3) is 5.91 Å². The molecule has 8 heteroatoms. The van der Waals surface area contributed by atoms with Gasteiger partial charge in [-0.15, -0.1) is 0 Å². The summed E-state index contributed by atoms with van der Waals surface area (Å²) in [6.07, 6.45) is 0.467. The van der Waals surface area contributed by atoms with Crippen molar-refractivity contribution in [1.82, 2.24) is 10.3 Å². The highest BCUT2D eigenvalue weighted by molar-refractivity contribution is 9.10. The van der Waals surface area contributed by atoms with Gasteiger partial charge in [-0.2, -0.15) is 5.10 Å². The highest BCUT2D eigenvalue weighted by atomic mass is 79.9. The summed E-state index contributed by atoms with van der Waals surface area (Å²) in [5.74, 6) is -0.922. The largest absolute Gasteiger partial charge is 0.342 e. The summed E-state index contributed by atoms with van der Waals surface area (Å²) in [5, 5.41) is 10.7. The normalized spacial score (nSPS) is 13.7. The van der Waals surface area contributed by atoms with Crippen molar-refractivity contribution in [3.63, 3.8) is 0 Å². The number of hydrogen-bond donors (Lipinski definition) is 2. The molecule has 2 N–H and O–H groups in total. The number of hydrogen-bond acceptors (Lipinski definition) is 4. The van der Waals surface area contributed by atoms with Crippen molar-refractivity contribution >= 4 is 45.1 Å². The van der Waals surface area contributed by atoms with Gasteiger partial charge in [0.05, 0.1) is 13.1 Å². The molecule has 0 atom stereocenters. The number of nitrogens with one attached hydrogen (secondary N) is 2. The number of carbonyl (C=O) groups is 3. The molecule has 1 aliphatic heterocycles. The summed E-state index contributed by atoms with van der Waals surface area (Å²) in [4.78, 5) is 36.4. The third-order valence-corrected chi connectivity index (χ3v) is 4.61. The number of anilines is 1. The maximum Gasteiger partial charge on any atom is 0.267 e. The average Bonchev–Trinajstić information content (AvgIpc) is 2.70. The number of benzene rings is 2. The van der Waals surface area contributed by atoms with E-state index in [-0.39, 0.29) is 36.9 Å². The average molecular weight is 443 g/mol. The van der Waals surface area contributed by atoms with Gasteiger partial charge in [0.15, 0.2) is 0 Å². The van der Waals surface area contributed by atoms with Crippen LogP contribution < -0.4 is 10.6 Å². The number of nitrogens with zero attached hydrogens (tertiary/aromatic N) is 2. The first-order valence-corrected chi connectivity index (χ1v) is 9.56. The smallest absolute Gasteiger partial charge is 0.267 e. The Hall–Kier alpha value is -3.00. The Morgan fingerprint density at radius 3 is 2.46 bits per heavy atom. The third-order valence-electron chi connectivity index (χ3n) is 4.08. The second kappa shape index (κ2) is 9.27. The standard InChI is InChI=1S/C20H19BrN4O3/c21-15-6-8-16(9-7-15)23-18(26)12-22-20(28)17-10-11-19(27)25(24-17)13-14-4-2-1-3-5-14/h1-9H,10-13H2,(H,22,28)(H,23,26). The fourth-order valence-corrected chi connectivity index (χ4v) is 2.91. The van der Waals surface area contributed by atoms with Crippen LogP contribution in [0.25, 0.3) is 0 Å². The monoisotopic (exact) mass is 442 g/mol. The van der Waals surface area contributed by atoms with Crippen molar-refractivity contribution in [2.45, 2.75) is 19.4 Å². The molecule has 0 fully saturated rings. The summed E-state index contributed by atoms with van der Waals surface area (Å²) in [6, 6.07) is 16.6. The number of amides is 3. The zero-order valence-corrected chi connectivity index (χ0v) is 16.6. The first kappa shape index (κ1) is 19.8. The molecule has 1 heterocycles. The van der Waals surface area contributed by atoms with Crippen LogP contribution in [0.1, 0.15) is 18.4 Å². The van der Waals surface area contributed by atoms with E-state index in [9.17, 15) is 14.4 Å². The molecule has 144 valence electrons. The molecule has 0 unspecified atom stereocenters. The molecule has 3 amide bonds. The molecule has 7 nitrogen and oxygen atoms in total. The SMILES string of the molecule is O=C(CNC(=O)C1=NN(Cc2ccccc2)C(=O)CC1)Nc1ccc(Br)cc1. The Bertz CT molecular complexity index is 897. The topological polar surface area (TPSA) is 90.9 Å². The van der Waals surface area contributed by atoms with Gasteiger partial charge in [-0.3, -0.25) is 14.4 Å². The molecule has 0 saturated heterocycles. The Morgan fingerprint density at radius 2 is 1.75 bits per heavy atom. The zero-order valence-electron chi connectivity index (χ0n) is 15.0. The number of halogens is 1. The van der Waals surface area contributed by atoms with Gasteiger partial charge in [0.1, 0.15) is 5.71 Å². The Kier molecular flexibility index (Phi) is 6.54. The van der Waals surface area contributed by atoms with Gasteiger partial charge in [-0.1, -0.05) is 46.3 Å². The minimum atomic E-state index is -0.448. The molecule has 2 aromatic carbocycles. The Labute approximate surface area is 170 Å². The van der Waals surface area contributed by atoms with Gasteiger partial charge in [0.2, 0.25) is 11.8 Å². The van der Waals surface area contributed by atoms with Crippen LogP contribution in [0.15, 0.2) is 64.2 Å². The van der Waals surface area contributed by atoms with Crippen LogP contribution in [0.5, 0.6) is 0 Å². The van der Waals surface area contributed by atoms with Crippen LogP contribution in [0.3, 0.4) is 0 Å². The first-order valence-electron chi connectivity index (χ1n) is 8.76. The lowest BCUT2D eigenvalue weighted by molar-refractivity contribution is -0.132. The lowest BCUT2D eigenvalue weighted by atomic mass is 10.1. The molecular formula is C20H19BrN4O3. The van der Waals surface area contributed by atoms with Gasteiger partial charge < -0.3 is 10.6 Å². The van der Waals surface area contributed by atoms with E-state index in [0.29, 0.717) is 12.2 Å². The maximum atomic E-state index is 12.3. The molecule has 2 aromatic rings. The van der Waals surface area contributed by atoms with Crippen molar-refractivity contribution in [1.29, 1.82) is 0 Å². The van der Waals surface area contributed by atoms with Crippen molar-refractivity contribution in [2.24, 2.45) is 5.10 Å². The van der Waals surface area contributed by atoms with Crippen LogP contribution in [0.2, 0.25) is 0 Å². The minimum absolute atomic E-state index is 0.131. The minimum Gasteiger partial charge on any atom is -0.342 e. The second-order valence-electron chi connectivity index (χ2n) is 6.22. The quantitative estimate of drug-likeness (QED) is 0.720. The van der Waals surface area contributed by atoms with Crippen LogP contribution in [-0.2, 0) is 20.9 Å². The Balaban J connectivity index is 1.55. The fraction of sp³-hybridized carbons (Fsp3) is 0.200. The van der Waals surface area contributed by atoms with Gasteiger partial charge >= 0.3 is 0 Å². The predicted octanol–water partition coefficient (Wildman–Crippen LogP) is 2.68. The van der Waals surface area contributed by atoms with Gasteiger partial charge in [0, 0.05) is 23.0 Å². The van der Waals surface area contributed by atoms with Crippen molar-refractivity contribution < 1.29 is 14.4 Å². The molecule has 0 aromatic heterocycles. The van der Waals surface area contributed by atoms with Crippen molar-refractivity contribution in [2.75, 3.05) is 11.9 Å². The Morgan fingerprint density at radius 1 is 1.04 bits per heavy atom. The summed E-state index contributed by atoms with van der Waals surface area (Å²) in [7, 11) is 0. The van der Waals surface area contributed by atoms with E-state index in [4.69, 9.17) is 0 Å². The number of carbonyl (C=O) groups excluding carboxylic acids is 3. The predicted molar refractivity (Wildman–Crippen MR) is 109 cm³/mol. The van der Waals surface area contributed by atoms with Gasteiger partial charge in [-0.05, 0) is 29.8 Å². The molecule has 0 aliphatic carbocycles. The van der Waals surface area contributed by atoms with E-state index < -0.39 is 5.91 Å². The molecule has 0 radical (unpaired) electrons. The molecule has 0 spiro atoms. The zero-order chi connectivity index (χ0) is 19.9. The van der Waals surface area contributed by atoms with E-state index in [2.05, 4.69) is 31.7 Å². The summed E-state index contributed by atoms with van der Waals surface area (Å²) >= 11 is 3.32. The molecular weight excluding hydrogens is 424 g/mol. The lowest BCUT2D eigenvalue weighted by Gasteiger charge is -2.23. The summed E-state index contributed by atoms with van der Waals surface area (Å²) in [5.41, 5.74) is 1.80. The lowest BCUT2D eigenvalue weighted by Crippen LogP contribution is -2.41. The van der Waals surface area contributed by atoms with Crippen LogP contribution in [-0.4, -0.2) is 35.0 Å². The van der Waals surface area contributed by atoms with E-state index in [1.54, 1.807) is 12.1 Å². The molecule has 1 aliphatic rings. The van der Waals surface area contributed by atoms with Gasteiger partial charge in [-0.25, -0.2) is 5.01 Å². The third kappa shape index (κ3) is 5.50. The van der Waals surface area contributed by atoms with Crippen LogP contribution >= 0.6 is 15.9 Å². The highest BCUT2D eigenvalue weighted by Crippen LogP contribution is 2.15. The summed E-state index contributed by atoms with van der Waals surface area (Å²) in [6.45, 7) is 0.126. The van der Waals surface area contributed by atoms with E-state index in [0.717, 1.165) is 10.0 Å². The van der Waals surface area contributed by atoms with Crippen LogP contribution in [0, 0.1) is 0 Å². The van der Waals surface area contributed by atoms with E-state index >= 15 is 0 Å². The fourth-order valence-electron chi connectivity index (χ4n) is 2.65. The summed E-state index contributed by atoms with van der Waals surface area (Å²) < 4.78 is 0.906. The maximum absolute atomic E-state index is 12.3. The molecule has 0 bridgehead atoms. The molecule has 0 saturated carbocycles. The van der Waals surface area contributed by atoms with E-state index in [1.165, 1.54) is 5.01 Å². The van der Waals surface area contributed by atoms with E-state index in [1.807, 2.05) is 42.5 Å². The highest BCUT2D eigenvalue weighted by Gasteiger charge is 2.24. The van der Waals surface area contributed by atoms with Crippen molar-refractivity contribution in [3.05, 3.63) is 64.6 Å². The number of rotatable bonds is 6. The first-order chi connectivity index (χ1) is 13.5.